The monoisotopic (exact) mass is 264 g/mol. The molecule has 0 aliphatic rings. The van der Waals surface area contributed by atoms with Gasteiger partial charge in [-0.15, -0.1) is 0 Å². The molecule has 4 heteroatoms. The maximum atomic E-state index is 8.26. The third-order valence-electron chi connectivity index (χ3n) is 2.59. The van der Waals surface area contributed by atoms with Crippen molar-refractivity contribution in [3.63, 3.8) is 0 Å². The molecular formula is C14H32O4. The van der Waals surface area contributed by atoms with Crippen molar-refractivity contribution in [1.29, 1.82) is 0 Å². The first-order chi connectivity index (χ1) is 8.72. The molecule has 0 aliphatic carbocycles. The Morgan fingerprint density at radius 2 is 1.39 bits per heavy atom. The van der Waals surface area contributed by atoms with Crippen LogP contribution in [-0.2, 0) is 9.47 Å². The summed E-state index contributed by atoms with van der Waals surface area (Å²) in [5.41, 5.74) is 0. The SMILES string of the molecule is CCCCC(C)CC.OCCOCCOCCO. The molecule has 112 valence electrons. The molecule has 0 saturated heterocycles. The van der Waals surface area contributed by atoms with Crippen LogP contribution in [0.2, 0.25) is 0 Å². The summed E-state index contributed by atoms with van der Waals surface area (Å²) in [5.74, 6) is 0.954. The van der Waals surface area contributed by atoms with Crippen LogP contribution in [0.25, 0.3) is 0 Å². The van der Waals surface area contributed by atoms with Crippen molar-refractivity contribution in [3.8, 4) is 0 Å². The zero-order valence-corrected chi connectivity index (χ0v) is 12.4. The van der Waals surface area contributed by atoms with Crippen molar-refractivity contribution in [3.05, 3.63) is 0 Å². The van der Waals surface area contributed by atoms with Gasteiger partial charge in [0.25, 0.3) is 0 Å². The van der Waals surface area contributed by atoms with Crippen LogP contribution in [0, 0.1) is 5.92 Å². The van der Waals surface area contributed by atoms with Gasteiger partial charge in [-0.25, -0.2) is 0 Å². The van der Waals surface area contributed by atoms with E-state index < -0.39 is 0 Å². The van der Waals surface area contributed by atoms with E-state index in [-0.39, 0.29) is 13.2 Å². The molecule has 0 amide bonds. The van der Waals surface area contributed by atoms with Crippen LogP contribution in [0.4, 0.5) is 0 Å². The quantitative estimate of drug-likeness (QED) is 0.562. The van der Waals surface area contributed by atoms with Crippen LogP contribution in [0.1, 0.15) is 46.5 Å². The molecule has 0 bridgehead atoms. The van der Waals surface area contributed by atoms with E-state index in [1.165, 1.54) is 25.7 Å². The Bertz CT molecular complexity index is 123. The molecule has 2 N–H and O–H groups in total. The summed E-state index contributed by atoms with van der Waals surface area (Å²) < 4.78 is 9.75. The molecule has 4 nitrogen and oxygen atoms in total. The van der Waals surface area contributed by atoms with Gasteiger partial charge in [0.05, 0.1) is 39.6 Å². The summed E-state index contributed by atoms with van der Waals surface area (Å²) >= 11 is 0. The van der Waals surface area contributed by atoms with Gasteiger partial charge in [0.1, 0.15) is 0 Å². The van der Waals surface area contributed by atoms with Gasteiger partial charge < -0.3 is 19.7 Å². The van der Waals surface area contributed by atoms with Crippen molar-refractivity contribution < 1.29 is 19.7 Å². The maximum absolute atomic E-state index is 8.26. The van der Waals surface area contributed by atoms with E-state index in [2.05, 4.69) is 20.8 Å². The number of ether oxygens (including phenoxy) is 2. The molecule has 0 fully saturated rings. The van der Waals surface area contributed by atoms with E-state index in [9.17, 15) is 0 Å². The second-order valence-corrected chi connectivity index (χ2v) is 4.33. The average Bonchev–Trinajstić information content (AvgIpc) is 2.40. The van der Waals surface area contributed by atoms with E-state index >= 15 is 0 Å². The van der Waals surface area contributed by atoms with Crippen LogP contribution in [0.15, 0.2) is 0 Å². The molecule has 1 atom stereocenters. The largest absolute Gasteiger partial charge is 0.394 e. The summed E-state index contributed by atoms with van der Waals surface area (Å²) in [6.07, 6.45) is 5.53. The highest BCUT2D eigenvalue weighted by molar-refractivity contribution is 4.47. The molecular weight excluding hydrogens is 232 g/mol. The topological polar surface area (TPSA) is 58.9 Å². The Kier molecular flexibility index (Phi) is 21.5. The minimum Gasteiger partial charge on any atom is -0.394 e. The smallest absolute Gasteiger partial charge is 0.0701 e. The van der Waals surface area contributed by atoms with Crippen molar-refractivity contribution in [1.82, 2.24) is 0 Å². The Morgan fingerprint density at radius 1 is 0.889 bits per heavy atom. The lowest BCUT2D eigenvalue weighted by Gasteiger charge is -2.04. The van der Waals surface area contributed by atoms with Gasteiger partial charge >= 0.3 is 0 Å². The molecule has 18 heavy (non-hydrogen) atoms. The predicted molar refractivity (Wildman–Crippen MR) is 74.8 cm³/mol. The summed E-state index contributed by atoms with van der Waals surface area (Å²) in [6, 6.07) is 0. The lowest BCUT2D eigenvalue weighted by molar-refractivity contribution is 0.0222. The van der Waals surface area contributed by atoms with Crippen molar-refractivity contribution in [2.45, 2.75) is 46.5 Å². The van der Waals surface area contributed by atoms with Crippen molar-refractivity contribution in [2.75, 3.05) is 39.6 Å². The third kappa shape index (κ3) is 21.2. The normalized spacial score (nSPS) is 11.8. The lowest BCUT2D eigenvalue weighted by Crippen LogP contribution is -2.09. The molecule has 0 saturated carbocycles. The minimum absolute atomic E-state index is 0.0417. The zero-order chi connectivity index (χ0) is 14.1. The first-order valence-corrected chi connectivity index (χ1v) is 7.10. The predicted octanol–water partition coefficient (Wildman–Crippen LogP) is 2.23. The maximum Gasteiger partial charge on any atom is 0.0701 e. The van der Waals surface area contributed by atoms with E-state index in [1.54, 1.807) is 0 Å². The van der Waals surface area contributed by atoms with Crippen molar-refractivity contribution >= 4 is 0 Å². The molecule has 0 radical (unpaired) electrons. The van der Waals surface area contributed by atoms with E-state index in [0.717, 1.165) is 5.92 Å². The van der Waals surface area contributed by atoms with Gasteiger partial charge in [-0.2, -0.15) is 0 Å². The van der Waals surface area contributed by atoms with Crippen LogP contribution < -0.4 is 0 Å². The Hall–Kier alpha value is -0.160. The van der Waals surface area contributed by atoms with Gasteiger partial charge in [0.15, 0.2) is 0 Å². The number of rotatable bonds is 11. The van der Waals surface area contributed by atoms with Crippen LogP contribution in [0.3, 0.4) is 0 Å². The van der Waals surface area contributed by atoms with Crippen LogP contribution >= 0.6 is 0 Å². The number of hydrogen-bond donors (Lipinski definition) is 2. The molecule has 0 aliphatic heterocycles. The highest BCUT2D eigenvalue weighted by Crippen LogP contribution is 2.09. The van der Waals surface area contributed by atoms with E-state index in [0.29, 0.717) is 26.4 Å². The van der Waals surface area contributed by atoms with Crippen molar-refractivity contribution in [2.24, 2.45) is 5.92 Å². The van der Waals surface area contributed by atoms with Gasteiger partial charge in [-0.3, -0.25) is 0 Å². The molecule has 0 aromatic carbocycles. The first-order valence-electron chi connectivity index (χ1n) is 7.10. The van der Waals surface area contributed by atoms with Crippen LogP contribution in [0.5, 0.6) is 0 Å². The molecule has 0 aromatic rings. The van der Waals surface area contributed by atoms with E-state index in [4.69, 9.17) is 19.7 Å². The molecule has 0 spiro atoms. The summed E-state index contributed by atoms with van der Waals surface area (Å²) in [5, 5.41) is 16.5. The number of aliphatic hydroxyl groups excluding tert-OH is 2. The second kappa shape index (κ2) is 19.2. The second-order valence-electron chi connectivity index (χ2n) is 4.33. The number of hydrogen-bond acceptors (Lipinski definition) is 4. The fraction of sp³-hybridized carbons (Fsp3) is 1.00. The van der Waals surface area contributed by atoms with Gasteiger partial charge in [0.2, 0.25) is 0 Å². The van der Waals surface area contributed by atoms with Gasteiger partial charge in [0, 0.05) is 0 Å². The molecule has 0 heterocycles. The Morgan fingerprint density at radius 3 is 1.72 bits per heavy atom. The summed E-state index contributed by atoms with van der Waals surface area (Å²) in [7, 11) is 0. The van der Waals surface area contributed by atoms with Gasteiger partial charge in [-0.05, 0) is 5.92 Å². The minimum atomic E-state index is 0.0417. The first kappa shape index (κ1) is 20.2. The average molecular weight is 264 g/mol. The molecule has 1 unspecified atom stereocenters. The standard InChI is InChI=1S/C8H18.C6H14O4/c1-4-6-7-8(3)5-2;7-1-3-9-5-6-10-4-2-8/h8H,4-7H2,1-3H3;7-8H,1-6H2. The summed E-state index contributed by atoms with van der Waals surface area (Å²) in [4.78, 5) is 0. The van der Waals surface area contributed by atoms with E-state index in [1.807, 2.05) is 0 Å². The molecule has 0 aromatic heterocycles. The zero-order valence-electron chi connectivity index (χ0n) is 12.4. The van der Waals surface area contributed by atoms with Crippen LogP contribution in [-0.4, -0.2) is 49.9 Å². The third-order valence-corrected chi connectivity index (χ3v) is 2.59. The van der Waals surface area contributed by atoms with Gasteiger partial charge in [-0.1, -0.05) is 46.5 Å². The highest BCUT2D eigenvalue weighted by atomic mass is 16.5. The Labute approximate surface area is 112 Å². The number of aliphatic hydroxyl groups is 2. The number of unbranched alkanes of at least 4 members (excludes halogenated alkanes) is 1. The fourth-order valence-electron chi connectivity index (χ4n) is 1.21. The highest BCUT2D eigenvalue weighted by Gasteiger charge is 1.94. The Balaban J connectivity index is 0. The summed E-state index contributed by atoms with van der Waals surface area (Å²) in [6.45, 7) is 8.57. The fourth-order valence-corrected chi connectivity index (χ4v) is 1.21. The molecule has 0 rings (SSSR count). The lowest BCUT2D eigenvalue weighted by atomic mass is 10.0.